The zero-order valence-corrected chi connectivity index (χ0v) is 11.0. The lowest BCUT2D eigenvalue weighted by Crippen LogP contribution is -2.35. The topological polar surface area (TPSA) is 41.6 Å². The van der Waals surface area contributed by atoms with Gasteiger partial charge in [0.2, 0.25) is 0 Å². The van der Waals surface area contributed by atoms with Crippen LogP contribution in [0.1, 0.15) is 19.4 Å². The van der Waals surface area contributed by atoms with Gasteiger partial charge in [0.25, 0.3) is 0 Å². The Bertz CT molecular complexity index is 418. The quantitative estimate of drug-likeness (QED) is 0.873. The molecule has 18 heavy (non-hydrogen) atoms. The van der Waals surface area contributed by atoms with E-state index >= 15 is 0 Å². The highest BCUT2D eigenvalue weighted by Crippen LogP contribution is 2.22. The summed E-state index contributed by atoms with van der Waals surface area (Å²) in [5.74, 6) is 0.356. The van der Waals surface area contributed by atoms with E-state index in [0.717, 1.165) is 24.3 Å². The predicted molar refractivity (Wildman–Crippen MR) is 71.7 cm³/mol. The fraction of sp³-hybridized carbons (Fsp3) is 0.500. The second kappa shape index (κ2) is 5.87. The maximum absolute atomic E-state index is 12.1. The molecule has 4 nitrogen and oxygen atoms in total. The third-order valence-corrected chi connectivity index (χ3v) is 2.87. The lowest BCUT2D eigenvalue weighted by Gasteiger charge is -2.22. The van der Waals surface area contributed by atoms with Gasteiger partial charge in [-0.05, 0) is 17.5 Å². The summed E-state index contributed by atoms with van der Waals surface area (Å²) in [5, 5.41) is 3.30. The van der Waals surface area contributed by atoms with Crippen LogP contribution in [-0.2, 0) is 11.3 Å². The summed E-state index contributed by atoms with van der Waals surface area (Å²) in [7, 11) is 0. The molecule has 1 amide bonds. The van der Waals surface area contributed by atoms with E-state index in [0.29, 0.717) is 19.1 Å². The first kappa shape index (κ1) is 12.9. The molecule has 98 valence electrons. The highest BCUT2D eigenvalue weighted by molar-refractivity contribution is 5.88. The molecule has 1 aliphatic rings. The molecule has 0 aromatic heterocycles. The molecule has 4 heteroatoms. The summed E-state index contributed by atoms with van der Waals surface area (Å²) in [6, 6.07) is 7.95. The first-order valence-corrected chi connectivity index (χ1v) is 6.41. The molecule has 0 atom stereocenters. The fourth-order valence-corrected chi connectivity index (χ4v) is 1.96. The molecule has 0 saturated carbocycles. The number of rotatable bonds is 2. The summed E-state index contributed by atoms with van der Waals surface area (Å²) >= 11 is 0. The van der Waals surface area contributed by atoms with Crippen molar-refractivity contribution in [3.8, 4) is 0 Å². The number of nitrogens with zero attached hydrogens (tertiary/aromatic N) is 1. The highest BCUT2D eigenvalue weighted by Gasteiger charge is 2.21. The molecule has 0 radical (unpaired) electrons. The molecular weight excluding hydrogens is 228 g/mol. The van der Waals surface area contributed by atoms with Crippen LogP contribution in [0.3, 0.4) is 0 Å². The van der Waals surface area contributed by atoms with Gasteiger partial charge in [0.15, 0.2) is 0 Å². The normalized spacial score (nSPS) is 15.2. The van der Waals surface area contributed by atoms with Crippen molar-refractivity contribution in [1.82, 2.24) is 5.32 Å². The van der Waals surface area contributed by atoms with E-state index in [2.05, 4.69) is 5.32 Å². The van der Waals surface area contributed by atoms with Crippen LogP contribution in [-0.4, -0.2) is 25.8 Å². The van der Waals surface area contributed by atoms with Crippen molar-refractivity contribution < 1.29 is 9.53 Å². The lowest BCUT2D eigenvalue weighted by molar-refractivity contribution is 0.140. The minimum absolute atomic E-state index is 0.250. The maximum atomic E-state index is 12.1. The van der Waals surface area contributed by atoms with Crippen molar-refractivity contribution >= 4 is 11.8 Å². The number of nitrogens with one attached hydrogen (secondary N) is 1. The highest BCUT2D eigenvalue weighted by atomic mass is 16.6. The first-order valence-electron chi connectivity index (χ1n) is 6.41. The van der Waals surface area contributed by atoms with Crippen LogP contribution >= 0.6 is 0 Å². The SMILES string of the molecule is CC(C)COC(=O)N1CCNCc2ccccc21. The average molecular weight is 248 g/mol. The van der Waals surface area contributed by atoms with E-state index in [-0.39, 0.29) is 6.09 Å². The van der Waals surface area contributed by atoms with Crippen LogP contribution in [0.25, 0.3) is 0 Å². The Kier molecular flexibility index (Phi) is 4.20. The molecule has 1 aromatic rings. The van der Waals surface area contributed by atoms with Gasteiger partial charge in [0, 0.05) is 19.6 Å². The van der Waals surface area contributed by atoms with Crippen LogP contribution < -0.4 is 10.2 Å². The van der Waals surface area contributed by atoms with Gasteiger partial charge in [-0.3, -0.25) is 4.90 Å². The molecule has 1 aliphatic heterocycles. The molecule has 2 rings (SSSR count). The van der Waals surface area contributed by atoms with Crippen molar-refractivity contribution in [3.05, 3.63) is 29.8 Å². The third kappa shape index (κ3) is 3.01. The zero-order chi connectivity index (χ0) is 13.0. The summed E-state index contributed by atoms with van der Waals surface area (Å²) in [5.41, 5.74) is 2.09. The minimum atomic E-state index is -0.250. The van der Waals surface area contributed by atoms with Crippen molar-refractivity contribution in [2.24, 2.45) is 5.92 Å². The van der Waals surface area contributed by atoms with Gasteiger partial charge in [0.05, 0.1) is 12.3 Å². The summed E-state index contributed by atoms with van der Waals surface area (Å²) in [6.07, 6.45) is -0.250. The number of carbonyl (C=O) groups excluding carboxylic acids is 1. The number of ether oxygens (including phenoxy) is 1. The molecule has 0 saturated heterocycles. The second-order valence-electron chi connectivity index (χ2n) is 4.93. The van der Waals surface area contributed by atoms with Gasteiger partial charge in [-0.1, -0.05) is 32.0 Å². The van der Waals surface area contributed by atoms with Crippen LogP contribution in [0.5, 0.6) is 0 Å². The number of hydrogen-bond donors (Lipinski definition) is 1. The van der Waals surface area contributed by atoms with Gasteiger partial charge >= 0.3 is 6.09 Å². The maximum Gasteiger partial charge on any atom is 0.414 e. The van der Waals surface area contributed by atoms with Gasteiger partial charge in [-0.15, -0.1) is 0 Å². The second-order valence-corrected chi connectivity index (χ2v) is 4.93. The number of anilines is 1. The summed E-state index contributed by atoms with van der Waals surface area (Å²) in [6.45, 7) is 6.75. The molecular formula is C14H20N2O2. The van der Waals surface area contributed by atoms with Crippen molar-refractivity contribution in [3.63, 3.8) is 0 Å². The van der Waals surface area contributed by atoms with Gasteiger partial charge in [-0.25, -0.2) is 4.79 Å². The lowest BCUT2D eigenvalue weighted by atomic mass is 10.1. The Morgan fingerprint density at radius 1 is 1.44 bits per heavy atom. The number of benzene rings is 1. The zero-order valence-electron chi connectivity index (χ0n) is 11.0. The standard InChI is InChI=1S/C14H20N2O2/c1-11(2)10-18-14(17)16-8-7-15-9-12-5-3-4-6-13(12)16/h3-6,11,15H,7-10H2,1-2H3. The van der Waals surface area contributed by atoms with E-state index < -0.39 is 0 Å². The summed E-state index contributed by atoms with van der Waals surface area (Å²) < 4.78 is 5.31. The molecule has 0 fully saturated rings. The van der Waals surface area contributed by atoms with Crippen LogP contribution in [0, 0.1) is 5.92 Å². The molecule has 1 aromatic carbocycles. The Morgan fingerprint density at radius 3 is 3.00 bits per heavy atom. The third-order valence-electron chi connectivity index (χ3n) is 2.87. The van der Waals surface area contributed by atoms with Gasteiger partial charge in [-0.2, -0.15) is 0 Å². The number of amides is 1. The van der Waals surface area contributed by atoms with Crippen LogP contribution in [0.15, 0.2) is 24.3 Å². The number of hydrogen-bond acceptors (Lipinski definition) is 3. The van der Waals surface area contributed by atoms with Crippen molar-refractivity contribution in [2.75, 3.05) is 24.6 Å². The van der Waals surface area contributed by atoms with Crippen LogP contribution in [0.4, 0.5) is 10.5 Å². The Labute approximate surface area is 108 Å². The van der Waals surface area contributed by atoms with Gasteiger partial charge < -0.3 is 10.1 Å². The minimum Gasteiger partial charge on any atom is -0.449 e. The molecule has 1 heterocycles. The van der Waals surface area contributed by atoms with Gasteiger partial charge in [0.1, 0.15) is 0 Å². The Balaban J connectivity index is 2.14. The molecule has 0 spiro atoms. The number of carbonyl (C=O) groups is 1. The molecule has 0 bridgehead atoms. The van der Waals surface area contributed by atoms with E-state index in [9.17, 15) is 4.79 Å². The average Bonchev–Trinajstić information content (AvgIpc) is 2.58. The van der Waals surface area contributed by atoms with E-state index in [1.807, 2.05) is 38.1 Å². The Hall–Kier alpha value is -1.55. The fourth-order valence-electron chi connectivity index (χ4n) is 1.96. The van der Waals surface area contributed by atoms with Crippen LogP contribution in [0.2, 0.25) is 0 Å². The van der Waals surface area contributed by atoms with E-state index in [1.165, 1.54) is 0 Å². The number of para-hydroxylation sites is 1. The van der Waals surface area contributed by atoms with E-state index in [1.54, 1.807) is 4.90 Å². The molecule has 0 unspecified atom stereocenters. The number of fused-ring (bicyclic) bond motifs is 1. The van der Waals surface area contributed by atoms with Crippen molar-refractivity contribution in [1.29, 1.82) is 0 Å². The monoisotopic (exact) mass is 248 g/mol. The first-order chi connectivity index (χ1) is 8.68. The van der Waals surface area contributed by atoms with Crippen molar-refractivity contribution in [2.45, 2.75) is 20.4 Å². The summed E-state index contributed by atoms with van der Waals surface area (Å²) in [4.78, 5) is 13.8. The predicted octanol–water partition coefficient (Wildman–Crippen LogP) is 2.39. The largest absolute Gasteiger partial charge is 0.449 e. The Morgan fingerprint density at radius 2 is 2.22 bits per heavy atom. The smallest absolute Gasteiger partial charge is 0.414 e. The van der Waals surface area contributed by atoms with E-state index in [4.69, 9.17) is 4.74 Å². The molecule has 0 aliphatic carbocycles. The molecule has 1 N–H and O–H groups in total.